The van der Waals surface area contributed by atoms with E-state index in [1.807, 2.05) is 10.8 Å². The van der Waals surface area contributed by atoms with Crippen molar-refractivity contribution in [3.63, 3.8) is 0 Å². The van der Waals surface area contributed by atoms with Gasteiger partial charge < -0.3 is 10.1 Å². The predicted octanol–water partition coefficient (Wildman–Crippen LogP) is 1.77. The van der Waals surface area contributed by atoms with Crippen molar-refractivity contribution in [2.75, 3.05) is 13.7 Å². The Morgan fingerprint density at radius 1 is 1.69 bits per heavy atom. The molecule has 0 unspecified atom stereocenters. The maximum Gasteiger partial charge on any atom is 0.319 e. The summed E-state index contributed by atoms with van der Waals surface area (Å²) in [5.74, 6) is -0.244. The number of ether oxygens (including phenoxy) is 1. The highest BCUT2D eigenvalue weighted by molar-refractivity contribution is 9.10. The first-order valence-electron chi connectivity index (χ1n) is 3.72. The van der Waals surface area contributed by atoms with Crippen LogP contribution >= 0.6 is 27.3 Å². The fraction of sp³-hybridized carbons (Fsp3) is 0.375. The van der Waals surface area contributed by atoms with Gasteiger partial charge >= 0.3 is 5.97 Å². The summed E-state index contributed by atoms with van der Waals surface area (Å²) in [6.07, 6.45) is 0. The minimum Gasteiger partial charge on any atom is -0.468 e. The predicted molar refractivity (Wildman–Crippen MR) is 55.7 cm³/mol. The lowest BCUT2D eigenvalue weighted by atomic mass is 10.3. The molecule has 1 heterocycles. The van der Waals surface area contributed by atoms with Gasteiger partial charge in [-0.2, -0.15) is 11.3 Å². The van der Waals surface area contributed by atoms with E-state index >= 15 is 0 Å². The third kappa shape index (κ3) is 3.46. The first-order chi connectivity index (χ1) is 6.24. The van der Waals surface area contributed by atoms with Crippen LogP contribution in [-0.4, -0.2) is 19.6 Å². The van der Waals surface area contributed by atoms with Gasteiger partial charge in [0.25, 0.3) is 0 Å². The number of thiophene rings is 1. The maximum atomic E-state index is 10.7. The summed E-state index contributed by atoms with van der Waals surface area (Å²) in [6.45, 7) is 0.929. The van der Waals surface area contributed by atoms with Crippen LogP contribution in [0.4, 0.5) is 0 Å². The molecule has 13 heavy (non-hydrogen) atoms. The highest BCUT2D eigenvalue weighted by Crippen LogP contribution is 2.20. The number of hydrogen-bond donors (Lipinski definition) is 1. The fourth-order valence-electron chi connectivity index (χ4n) is 0.805. The Morgan fingerprint density at radius 2 is 2.46 bits per heavy atom. The standard InChI is InChI=1S/C8H10BrNO2S/c1-12-8(11)3-10-2-6-4-13-5-7(6)9/h4-5,10H,2-3H2,1H3. The first-order valence-corrected chi connectivity index (χ1v) is 5.45. The number of rotatable bonds is 4. The van der Waals surface area contributed by atoms with Crippen LogP contribution in [0.2, 0.25) is 0 Å². The fourth-order valence-corrected chi connectivity index (χ4v) is 2.25. The van der Waals surface area contributed by atoms with Crippen molar-refractivity contribution in [1.29, 1.82) is 0 Å². The lowest BCUT2D eigenvalue weighted by Crippen LogP contribution is -2.23. The van der Waals surface area contributed by atoms with Crippen LogP contribution in [0.3, 0.4) is 0 Å². The molecule has 72 valence electrons. The van der Waals surface area contributed by atoms with E-state index in [4.69, 9.17) is 0 Å². The second-order valence-electron chi connectivity index (χ2n) is 2.42. The van der Waals surface area contributed by atoms with Crippen LogP contribution in [0.1, 0.15) is 5.56 Å². The molecule has 1 aromatic heterocycles. The molecule has 0 bridgehead atoms. The minimum absolute atomic E-state index is 0.244. The van der Waals surface area contributed by atoms with Crippen molar-refractivity contribution in [2.45, 2.75) is 6.54 Å². The number of hydrogen-bond acceptors (Lipinski definition) is 4. The van der Waals surface area contributed by atoms with Crippen LogP contribution in [0.25, 0.3) is 0 Å². The van der Waals surface area contributed by atoms with E-state index in [1.54, 1.807) is 11.3 Å². The van der Waals surface area contributed by atoms with Crippen LogP contribution < -0.4 is 5.32 Å². The summed E-state index contributed by atoms with van der Waals surface area (Å²) in [6, 6.07) is 0. The smallest absolute Gasteiger partial charge is 0.319 e. The molecule has 1 rings (SSSR count). The van der Waals surface area contributed by atoms with E-state index in [2.05, 4.69) is 26.0 Å². The Kier molecular flexibility index (Phi) is 4.41. The van der Waals surface area contributed by atoms with E-state index in [0.717, 1.165) is 10.0 Å². The van der Waals surface area contributed by atoms with Crippen LogP contribution in [0.15, 0.2) is 15.2 Å². The molecule has 0 fully saturated rings. The van der Waals surface area contributed by atoms with Crippen LogP contribution in [0.5, 0.6) is 0 Å². The van der Waals surface area contributed by atoms with Crippen LogP contribution in [0, 0.1) is 0 Å². The highest BCUT2D eigenvalue weighted by Gasteiger charge is 2.02. The number of esters is 1. The van der Waals surface area contributed by atoms with Crippen molar-refractivity contribution < 1.29 is 9.53 Å². The van der Waals surface area contributed by atoms with Crippen LogP contribution in [-0.2, 0) is 16.1 Å². The number of halogens is 1. The molecule has 3 nitrogen and oxygen atoms in total. The molecule has 0 aliphatic rings. The van der Waals surface area contributed by atoms with Crippen molar-refractivity contribution in [2.24, 2.45) is 0 Å². The van der Waals surface area contributed by atoms with E-state index in [9.17, 15) is 4.79 Å². The number of methoxy groups -OCH3 is 1. The number of nitrogens with one attached hydrogen (secondary N) is 1. The molecule has 0 aliphatic carbocycles. The summed E-state index contributed by atoms with van der Waals surface area (Å²) < 4.78 is 5.57. The molecule has 1 N–H and O–H groups in total. The molecule has 0 amide bonds. The van der Waals surface area contributed by atoms with Gasteiger partial charge in [-0.15, -0.1) is 0 Å². The molecule has 0 saturated carbocycles. The average Bonchev–Trinajstić information content (AvgIpc) is 2.52. The molecule has 1 aromatic rings. The zero-order valence-electron chi connectivity index (χ0n) is 7.17. The van der Waals surface area contributed by atoms with Crippen molar-refractivity contribution in [3.8, 4) is 0 Å². The van der Waals surface area contributed by atoms with Gasteiger partial charge in [-0.25, -0.2) is 0 Å². The van der Waals surface area contributed by atoms with Crippen molar-refractivity contribution in [1.82, 2.24) is 5.32 Å². The lowest BCUT2D eigenvalue weighted by Gasteiger charge is -2.01. The SMILES string of the molecule is COC(=O)CNCc1cscc1Br. The monoisotopic (exact) mass is 263 g/mol. The quantitative estimate of drug-likeness (QED) is 0.842. The largest absolute Gasteiger partial charge is 0.468 e. The molecule has 0 aromatic carbocycles. The maximum absolute atomic E-state index is 10.7. The second kappa shape index (κ2) is 5.36. The molecule has 0 saturated heterocycles. The Labute approximate surface area is 89.2 Å². The first kappa shape index (κ1) is 10.7. The van der Waals surface area contributed by atoms with Gasteiger partial charge in [-0.3, -0.25) is 4.79 Å². The van der Waals surface area contributed by atoms with Gasteiger partial charge in [0.1, 0.15) is 0 Å². The van der Waals surface area contributed by atoms with E-state index in [-0.39, 0.29) is 12.5 Å². The average molecular weight is 264 g/mol. The third-order valence-electron chi connectivity index (χ3n) is 1.50. The van der Waals surface area contributed by atoms with Gasteiger partial charge in [0.05, 0.1) is 13.7 Å². The molecule has 5 heteroatoms. The van der Waals surface area contributed by atoms with E-state index in [1.165, 1.54) is 7.11 Å². The van der Waals surface area contributed by atoms with Crippen molar-refractivity contribution >= 4 is 33.2 Å². The number of carbonyl (C=O) groups is 1. The molecular formula is C8H10BrNO2S. The van der Waals surface area contributed by atoms with E-state index in [0.29, 0.717) is 6.54 Å². The van der Waals surface area contributed by atoms with Gasteiger partial charge in [-0.05, 0) is 26.9 Å². The van der Waals surface area contributed by atoms with Crippen molar-refractivity contribution in [3.05, 3.63) is 20.8 Å². The topological polar surface area (TPSA) is 38.3 Å². The highest BCUT2D eigenvalue weighted by atomic mass is 79.9. The second-order valence-corrected chi connectivity index (χ2v) is 4.02. The Bertz CT molecular complexity index is 287. The summed E-state index contributed by atoms with van der Waals surface area (Å²) in [5, 5.41) is 7.03. The molecule has 0 aliphatic heterocycles. The molecule has 0 radical (unpaired) electrons. The number of carbonyl (C=O) groups excluding carboxylic acids is 1. The normalized spacial score (nSPS) is 10.0. The lowest BCUT2D eigenvalue weighted by molar-refractivity contribution is -0.139. The Balaban J connectivity index is 2.28. The Hall–Kier alpha value is -0.390. The summed E-state index contributed by atoms with van der Waals surface area (Å²) in [5.41, 5.74) is 1.16. The molecule has 0 spiro atoms. The summed E-state index contributed by atoms with van der Waals surface area (Å²) in [4.78, 5) is 10.7. The molecular weight excluding hydrogens is 254 g/mol. The zero-order valence-corrected chi connectivity index (χ0v) is 9.57. The molecule has 0 atom stereocenters. The summed E-state index contributed by atoms with van der Waals surface area (Å²) >= 11 is 5.03. The van der Waals surface area contributed by atoms with E-state index < -0.39 is 0 Å². The zero-order chi connectivity index (χ0) is 9.68. The summed E-state index contributed by atoms with van der Waals surface area (Å²) in [7, 11) is 1.38. The minimum atomic E-state index is -0.244. The Morgan fingerprint density at radius 3 is 3.00 bits per heavy atom. The van der Waals surface area contributed by atoms with Gasteiger partial charge in [0.2, 0.25) is 0 Å². The van der Waals surface area contributed by atoms with Gasteiger partial charge in [0, 0.05) is 16.4 Å². The van der Waals surface area contributed by atoms with Gasteiger partial charge in [0.15, 0.2) is 0 Å². The third-order valence-corrected chi connectivity index (χ3v) is 3.33. The van der Waals surface area contributed by atoms with Gasteiger partial charge in [-0.1, -0.05) is 0 Å².